The summed E-state index contributed by atoms with van der Waals surface area (Å²) in [5.74, 6) is 0. The molecule has 1 unspecified atom stereocenters. The number of hydrogen-bond acceptors (Lipinski definition) is 1. The monoisotopic (exact) mass is 353 g/mol. The lowest BCUT2D eigenvalue weighted by Crippen LogP contribution is -2.22. The normalized spacial score (nSPS) is 12.5. The third-order valence-corrected chi connectivity index (χ3v) is 4.48. The predicted molar refractivity (Wildman–Crippen MR) is 97.8 cm³/mol. The van der Waals surface area contributed by atoms with Crippen molar-refractivity contribution in [3.05, 3.63) is 34.3 Å². The number of nitrogens with one attached hydrogen (secondary N) is 1. The third kappa shape index (κ3) is 8.63. The Bertz CT molecular complexity index is 364. The molecule has 21 heavy (non-hydrogen) atoms. The van der Waals surface area contributed by atoms with Gasteiger partial charge in [0.05, 0.1) is 0 Å². The summed E-state index contributed by atoms with van der Waals surface area (Å²) in [6.45, 7) is 5.62. The van der Waals surface area contributed by atoms with Crippen LogP contribution < -0.4 is 5.32 Å². The maximum absolute atomic E-state index is 3.70. The Balaban J connectivity index is 2.33. The van der Waals surface area contributed by atoms with Gasteiger partial charge in [-0.1, -0.05) is 86.9 Å². The molecule has 1 nitrogen and oxygen atoms in total. The highest BCUT2D eigenvalue weighted by Gasteiger charge is 2.10. The quantitative estimate of drug-likeness (QED) is 0.415. The number of benzene rings is 1. The fourth-order valence-corrected chi connectivity index (χ4v) is 3.15. The molecule has 0 aliphatic rings. The highest BCUT2D eigenvalue weighted by atomic mass is 79.9. The van der Waals surface area contributed by atoms with E-state index in [1.165, 1.54) is 67.8 Å². The van der Waals surface area contributed by atoms with Gasteiger partial charge in [-0.15, -0.1) is 0 Å². The third-order valence-electron chi connectivity index (χ3n) is 3.99. The highest BCUT2D eigenvalue weighted by molar-refractivity contribution is 9.10. The summed E-state index contributed by atoms with van der Waals surface area (Å²) in [5.41, 5.74) is 1.42. The zero-order chi connectivity index (χ0) is 15.3. The van der Waals surface area contributed by atoms with Crippen LogP contribution in [0.25, 0.3) is 0 Å². The van der Waals surface area contributed by atoms with Crippen LogP contribution in [0.3, 0.4) is 0 Å². The summed E-state index contributed by atoms with van der Waals surface area (Å²) in [7, 11) is 0. The first-order valence-electron chi connectivity index (χ1n) is 8.76. The van der Waals surface area contributed by atoms with Crippen LogP contribution in [0.4, 0.5) is 0 Å². The van der Waals surface area contributed by atoms with E-state index in [0.717, 1.165) is 6.54 Å². The van der Waals surface area contributed by atoms with E-state index in [0.29, 0.717) is 6.04 Å². The lowest BCUT2D eigenvalue weighted by atomic mass is 9.99. The lowest BCUT2D eigenvalue weighted by Gasteiger charge is -2.19. The van der Waals surface area contributed by atoms with Gasteiger partial charge in [-0.05, 0) is 37.1 Å². The fourth-order valence-electron chi connectivity index (χ4n) is 2.73. The van der Waals surface area contributed by atoms with E-state index >= 15 is 0 Å². The second kappa shape index (κ2) is 12.2. The SMILES string of the molecule is CCCCCCCCCC(NCCC)c1cccc(Br)c1. The minimum atomic E-state index is 0.512. The maximum Gasteiger partial charge on any atom is 0.0320 e. The molecule has 1 aromatic carbocycles. The number of unbranched alkanes of at least 4 members (excludes halogenated alkanes) is 6. The van der Waals surface area contributed by atoms with Crippen molar-refractivity contribution < 1.29 is 0 Å². The van der Waals surface area contributed by atoms with Gasteiger partial charge in [0.15, 0.2) is 0 Å². The van der Waals surface area contributed by atoms with Crippen molar-refractivity contribution in [2.45, 2.75) is 77.7 Å². The van der Waals surface area contributed by atoms with E-state index in [2.05, 4.69) is 59.4 Å². The van der Waals surface area contributed by atoms with Gasteiger partial charge >= 0.3 is 0 Å². The van der Waals surface area contributed by atoms with Crippen LogP contribution in [-0.2, 0) is 0 Å². The van der Waals surface area contributed by atoms with E-state index < -0.39 is 0 Å². The summed E-state index contributed by atoms with van der Waals surface area (Å²) in [6.07, 6.45) is 12.1. The fraction of sp³-hybridized carbons (Fsp3) is 0.684. The Kier molecular flexibility index (Phi) is 10.9. The van der Waals surface area contributed by atoms with Crippen LogP contribution in [0.1, 0.15) is 83.2 Å². The molecule has 0 spiro atoms. The average Bonchev–Trinajstić information content (AvgIpc) is 2.49. The topological polar surface area (TPSA) is 12.0 Å². The summed E-state index contributed by atoms with van der Waals surface area (Å²) in [5, 5.41) is 3.70. The molecule has 0 aliphatic heterocycles. The Hall–Kier alpha value is -0.340. The first-order chi connectivity index (χ1) is 10.3. The second-order valence-corrected chi connectivity index (χ2v) is 6.89. The van der Waals surface area contributed by atoms with Crippen LogP contribution in [0.5, 0.6) is 0 Å². The maximum atomic E-state index is 3.70. The first kappa shape index (κ1) is 18.7. The van der Waals surface area contributed by atoms with Crippen molar-refractivity contribution in [2.75, 3.05) is 6.54 Å². The predicted octanol–water partition coefficient (Wildman–Crippen LogP) is 6.63. The van der Waals surface area contributed by atoms with Gasteiger partial charge < -0.3 is 5.32 Å². The van der Waals surface area contributed by atoms with E-state index in [-0.39, 0.29) is 0 Å². The molecule has 1 rings (SSSR count). The zero-order valence-electron chi connectivity index (χ0n) is 13.8. The summed E-state index contributed by atoms with van der Waals surface area (Å²) in [4.78, 5) is 0. The molecule has 0 bridgehead atoms. The second-order valence-electron chi connectivity index (χ2n) is 5.97. The molecular weight excluding hydrogens is 322 g/mol. The van der Waals surface area contributed by atoms with Crippen molar-refractivity contribution >= 4 is 15.9 Å². The summed E-state index contributed by atoms with van der Waals surface area (Å²) < 4.78 is 1.18. The molecule has 0 amide bonds. The molecule has 0 aliphatic carbocycles. The van der Waals surface area contributed by atoms with E-state index in [4.69, 9.17) is 0 Å². The van der Waals surface area contributed by atoms with Crippen LogP contribution in [0, 0.1) is 0 Å². The van der Waals surface area contributed by atoms with Crippen molar-refractivity contribution in [3.63, 3.8) is 0 Å². The molecule has 0 heterocycles. The van der Waals surface area contributed by atoms with E-state index in [9.17, 15) is 0 Å². The van der Waals surface area contributed by atoms with Crippen molar-refractivity contribution in [1.82, 2.24) is 5.32 Å². The molecule has 0 saturated carbocycles. The molecule has 1 aromatic rings. The molecule has 0 aromatic heterocycles. The van der Waals surface area contributed by atoms with Crippen LogP contribution in [0.2, 0.25) is 0 Å². The van der Waals surface area contributed by atoms with Gasteiger partial charge in [0.2, 0.25) is 0 Å². The standard InChI is InChI=1S/C19H32BrN/c1-3-5-6-7-8-9-10-14-19(21-15-4-2)17-12-11-13-18(20)16-17/h11-13,16,19,21H,3-10,14-15H2,1-2H3. The number of hydrogen-bond donors (Lipinski definition) is 1. The summed E-state index contributed by atoms with van der Waals surface area (Å²) >= 11 is 3.59. The van der Waals surface area contributed by atoms with Crippen LogP contribution >= 0.6 is 15.9 Å². The first-order valence-corrected chi connectivity index (χ1v) is 9.56. The van der Waals surface area contributed by atoms with Gasteiger partial charge in [0.25, 0.3) is 0 Å². The number of halogens is 1. The highest BCUT2D eigenvalue weighted by Crippen LogP contribution is 2.23. The van der Waals surface area contributed by atoms with E-state index in [1.807, 2.05) is 0 Å². The van der Waals surface area contributed by atoms with Gasteiger partial charge in [-0.2, -0.15) is 0 Å². The molecule has 0 fully saturated rings. The van der Waals surface area contributed by atoms with Crippen molar-refractivity contribution in [1.29, 1.82) is 0 Å². The van der Waals surface area contributed by atoms with Gasteiger partial charge in [-0.25, -0.2) is 0 Å². The number of rotatable bonds is 12. The molecular formula is C19H32BrN. The van der Waals surface area contributed by atoms with Crippen LogP contribution in [-0.4, -0.2) is 6.54 Å². The molecule has 0 saturated heterocycles. The molecule has 120 valence electrons. The Morgan fingerprint density at radius 2 is 1.67 bits per heavy atom. The van der Waals surface area contributed by atoms with Gasteiger partial charge in [-0.3, -0.25) is 0 Å². The smallest absolute Gasteiger partial charge is 0.0320 e. The summed E-state index contributed by atoms with van der Waals surface area (Å²) in [6, 6.07) is 9.27. The van der Waals surface area contributed by atoms with Gasteiger partial charge in [0.1, 0.15) is 0 Å². The Labute approximate surface area is 140 Å². The molecule has 1 atom stereocenters. The largest absolute Gasteiger partial charge is 0.310 e. The minimum Gasteiger partial charge on any atom is -0.310 e. The zero-order valence-corrected chi connectivity index (χ0v) is 15.4. The van der Waals surface area contributed by atoms with Crippen molar-refractivity contribution in [3.8, 4) is 0 Å². The lowest BCUT2D eigenvalue weighted by molar-refractivity contribution is 0.465. The molecule has 0 radical (unpaired) electrons. The van der Waals surface area contributed by atoms with E-state index in [1.54, 1.807) is 0 Å². The molecule has 1 N–H and O–H groups in total. The minimum absolute atomic E-state index is 0.512. The Morgan fingerprint density at radius 1 is 0.952 bits per heavy atom. The van der Waals surface area contributed by atoms with Gasteiger partial charge in [0, 0.05) is 10.5 Å². The van der Waals surface area contributed by atoms with Crippen molar-refractivity contribution in [2.24, 2.45) is 0 Å². The van der Waals surface area contributed by atoms with Crippen LogP contribution in [0.15, 0.2) is 28.7 Å². The Morgan fingerprint density at radius 3 is 2.33 bits per heavy atom. The molecule has 2 heteroatoms. The average molecular weight is 354 g/mol.